The van der Waals surface area contributed by atoms with E-state index in [1.54, 1.807) is 21.3 Å². The zero-order valence-electron chi connectivity index (χ0n) is 25.3. The van der Waals surface area contributed by atoms with E-state index in [-0.39, 0.29) is 37.0 Å². The number of hydrogen-bond acceptors (Lipinski definition) is 10. The predicted molar refractivity (Wildman–Crippen MR) is 150 cm³/mol. The fraction of sp³-hybridized carbons (Fsp3) is 0.812. The second kappa shape index (κ2) is 9.91. The normalized spacial score (nSPS) is 53.9. The highest BCUT2D eigenvalue weighted by Crippen LogP contribution is 2.80. The first-order chi connectivity index (χ1) is 20.2. The van der Waals surface area contributed by atoms with Gasteiger partial charge in [0.25, 0.3) is 0 Å². The van der Waals surface area contributed by atoms with Crippen molar-refractivity contribution in [1.29, 1.82) is 0 Å². The molecule has 0 radical (unpaired) electrons. The smallest absolute Gasteiger partial charge is 0.120 e. The molecule has 5 saturated carbocycles. The van der Waals surface area contributed by atoms with Gasteiger partial charge in [0.05, 0.1) is 37.6 Å². The van der Waals surface area contributed by atoms with Crippen molar-refractivity contribution in [2.75, 3.05) is 48.1 Å². The van der Waals surface area contributed by atoms with Crippen LogP contribution in [-0.2, 0) is 30.3 Å². The highest BCUT2D eigenvalue weighted by molar-refractivity contribution is 5.40. The lowest BCUT2D eigenvalue weighted by atomic mass is 9.42. The summed E-state index contributed by atoms with van der Waals surface area (Å²) in [6.45, 7) is 3.93. The lowest BCUT2D eigenvalue weighted by molar-refractivity contribution is -0.326. The van der Waals surface area contributed by atoms with Crippen molar-refractivity contribution in [1.82, 2.24) is 4.90 Å². The number of aliphatic hydroxyl groups excluding tert-OH is 2. The van der Waals surface area contributed by atoms with Crippen LogP contribution in [0.2, 0.25) is 0 Å². The molecule has 1 aliphatic heterocycles. The summed E-state index contributed by atoms with van der Waals surface area (Å²) in [6, 6.07) is 9.57. The van der Waals surface area contributed by atoms with Gasteiger partial charge in [-0.05, 0) is 24.4 Å². The number of hydrogen-bond donors (Lipinski definition) is 4. The maximum Gasteiger partial charge on any atom is 0.120 e. The highest BCUT2D eigenvalue weighted by Gasteiger charge is 2.90. The van der Waals surface area contributed by atoms with Crippen LogP contribution in [0.25, 0.3) is 0 Å². The van der Waals surface area contributed by atoms with Gasteiger partial charge in [-0.2, -0.15) is 0 Å². The minimum Gasteiger partial charge on any atom is -0.392 e. The Kier molecular flexibility index (Phi) is 6.97. The van der Waals surface area contributed by atoms with Crippen LogP contribution in [0, 0.1) is 34.5 Å². The summed E-state index contributed by atoms with van der Waals surface area (Å²) in [7, 11) is 6.51. The monoisotopic (exact) mass is 589 g/mol. The second-order valence-corrected chi connectivity index (χ2v) is 13.9. The third-order valence-electron chi connectivity index (χ3n) is 12.9. The van der Waals surface area contributed by atoms with Crippen molar-refractivity contribution in [3.63, 3.8) is 0 Å². The average Bonchev–Trinajstić information content (AvgIpc) is 3.38. The summed E-state index contributed by atoms with van der Waals surface area (Å²) in [5, 5.41) is 49.8. The minimum absolute atomic E-state index is 0.214. The van der Waals surface area contributed by atoms with Gasteiger partial charge in [-0.3, -0.25) is 4.90 Å². The van der Waals surface area contributed by atoms with Gasteiger partial charge in [-0.15, -0.1) is 0 Å². The molecule has 6 aliphatic rings. The standard InChI is InChI=1S/C32H47NO9/c1-6-33-15-29(16-38-2)19(34)12-20(39-3)31-18-13-30(36)27(42-14-17-10-8-7-9-11-17)21(18)32(37,26(35)28(30)41-5)22(25(31)33)23(40-4)24(29)31/h7-11,18-28,34-37H,6,12-16H2,1-5H3/t18?,19-,20+,21?,22?,23+,24?,25?,26+,27-,28+,29+,30-,31+,32-/m1/s1. The first kappa shape index (κ1) is 29.5. The van der Waals surface area contributed by atoms with Crippen LogP contribution < -0.4 is 0 Å². The first-order valence-electron chi connectivity index (χ1n) is 15.4. The van der Waals surface area contributed by atoms with Crippen LogP contribution in [0.5, 0.6) is 0 Å². The van der Waals surface area contributed by atoms with Crippen LogP contribution in [0.1, 0.15) is 25.3 Å². The molecule has 1 saturated heterocycles. The number of benzene rings is 1. The SMILES string of the molecule is CCN1C[C@@]2(COC)C3[C@@H](OC)C4C1[C@@]3(C1C[C@@]3(O)[C@H](OCc5ccccc5)C1[C@]4(O)[C@@H](O)[C@@H]3OC)[C@@H](OC)C[C@H]2O. The molecular formula is C32H47NO9. The summed E-state index contributed by atoms with van der Waals surface area (Å²) in [6.07, 6.45) is -4.14. The largest absolute Gasteiger partial charge is 0.392 e. The summed E-state index contributed by atoms with van der Waals surface area (Å²) in [5.41, 5.74) is -3.58. The number of aliphatic hydroxyl groups is 4. The van der Waals surface area contributed by atoms with Crippen LogP contribution in [0.15, 0.2) is 30.3 Å². The molecule has 1 heterocycles. The highest BCUT2D eigenvalue weighted by atomic mass is 16.5. The van der Waals surface area contributed by atoms with E-state index in [2.05, 4.69) is 11.8 Å². The molecule has 15 atom stereocenters. The molecule has 7 bridgehead atoms. The zero-order valence-corrected chi connectivity index (χ0v) is 25.3. The van der Waals surface area contributed by atoms with E-state index in [0.717, 1.165) is 5.56 Å². The van der Waals surface area contributed by atoms with Gasteiger partial charge in [-0.1, -0.05) is 37.3 Å². The molecule has 42 heavy (non-hydrogen) atoms. The van der Waals surface area contributed by atoms with E-state index in [4.69, 9.17) is 23.7 Å². The molecule has 7 rings (SSSR count). The predicted octanol–water partition coefficient (Wildman–Crippen LogP) is 0.437. The van der Waals surface area contributed by atoms with Crippen molar-refractivity contribution >= 4 is 0 Å². The van der Waals surface area contributed by atoms with Gasteiger partial charge in [0.15, 0.2) is 0 Å². The molecule has 1 aromatic carbocycles. The fourth-order valence-electron chi connectivity index (χ4n) is 12.0. The molecule has 0 amide bonds. The fourth-order valence-corrected chi connectivity index (χ4v) is 12.0. The molecule has 10 heteroatoms. The third-order valence-corrected chi connectivity index (χ3v) is 12.9. The molecule has 0 aromatic heterocycles. The Bertz CT molecular complexity index is 1170. The Labute approximate surface area is 247 Å². The van der Waals surface area contributed by atoms with Crippen LogP contribution in [0.4, 0.5) is 0 Å². The number of piperidine rings is 1. The average molecular weight is 590 g/mol. The van der Waals surface area contributed by atoms with E-state index in [0.29, 0.717) is 26.1 Å². The lowest BCUT2D eigenvalue weighted by Gasteiger charge is -2.70. The number of likely N-dealkylation sites (tertiary alicyclic amines) is 1. The third kappa shape index (κ3) is 3.20. The number of ether oxygens (including phenoxy) is 5. The summed E-state index contributed by atoms with van der Waals surface area (Å²) in [5.74, 6) is -1.71. The minimum atomic E-state index is -1.69. The maximum absolute atomic E-state index is 13.2. The molecule has 10 nitrogen and oxygen atoms in total. The zero-order chi connectivity index (χ0) is 29.8. The molecule has 1 spiro atoms. The molecule has 4 N–H and O–H groups in total. The Hall–Kier alpha value is -1.18. The van der Waals surface area contributed by atoms with Gasteiger partial charge in [0.1, 0.15) is 23.4 Å². The van der Waals surface area contributed by atoms with Gasteiger partial charge in [0.2, 0.25) is 0 Å². The van der Waals surface area contributed by atoms with Gasteiger partial charge in [0, 0.05) is 76.0 Å². The molecule has 6 fully saturated rings. The Morgan fingerprint density at radius 1 is 0.952 bits per heavy atom. The number of methoxy groups -OCH3 is 4. The quantitative estimate of drug-likeness (QED) is 0.322. The van der Waals surface area contributed by atoms with Gasteiger partial charge < -0.3 is 44.1 Å². The van der Waals surface area contributed by atoms with Crippen molar-refractivity contribution < 1.29 is 44.1 Å². The van der Waals surface area contributed by atoms with Crippen LogP contribution in [-0.4, -0.2) is 127 Å². The van der Waals surface area contributed by atoms with Gasteiger partial charge >= 0.3 is 0 Å². The van der Waals surface area contributed by atoms with E-state index >= 15 is 0 Å². The number of fused-ring (bicyclic) bond motifs is 2. The molecule has 5 aliphatic carbocycles. The second-order valence-electron chi connectivity index (χ2n) is 13.9. The lowest BCUT2D eigenvalue weighted by Crippen LogP contribution is -2.81. The van der Waals surface area contributed by atoms with Crippen molar-refractivity contribution in [2.45, 2.75) is 80.2 Å². The molecule has 234 valence electrons. The number of nitrogens with zero attached hydrogens (tertiary/aromatic N) is 1. The number of rotatable bonds is 9. The van der Waals surface area contributed by atoms with E-state index in [1.165, 1.54) is 7.11 Å². The van der Waals surface area contributed by atoms with Crippen LogP contribution >= 0.6 is 0 Å². The van der Waals surface area contributed by atoms with E-state index in [1.807, 2.05) is 30.3 Å². The molecule has 5 unspecified atom stereocenters. The van der Waals surface area contributed by atoms with E-state index < -0.39 is 64.4 Å². The summed E-state index contributed by atoms with van der Waals surface area (Å²) in [4.78, 5) is 2.35. The summed E-state index contributed by atoms with van der Waals surface area (Å²) < 4.78 is 31.1. The molecule has 1 aromatic rings. The maximum atomic E-state index is 13.2. The Morgan fingerprint density at radius 3 is 2.31 bits per heavy atom. The van der Waals surface area contributed by atoms with Crippen molar-refractivity contribution in [2.24, 2.45) is 34.5 Å². The van der Waals surface area contributed by atoms with E-state index in [9.17, 15) is 20.4 Å². The Balaban J connectivity index is 1.47. The van der Waals surface area contributed by atoms with Crippen LogP contribution in [0.3, 0.4) is 0 Å². The molecular weight excluding hydrogens is 542 g/mol. The van der Waals surface area contributed by atoms with Crippen molar-refractivity contribution in [3.05, 3.63) is 35.9 Å². The topological polar surface area (TPSA) is 130 Å². The van der Waals surface area contributed by atoms with Crippen molar-refractivity contribution in [3.8, 4) is 0 Å². The summed E-state index contributed by atoms with van der Waals surface area (Å²) >= 11 is 0. The first-order valence-corrected chi connectivity index (χ1v) is 15.4. The van der Waals surface area contributed by atoms with Gasteiger partial charge in [-0.25, -0.2) is 0 Å². The Morgan fingerprint density at radius 2 is 1.69 bits per heavy atom.